The number of aliphatic hydroxyl groups is 1. The zero-order chi connectivity index (χ0) is 10.4. The van der Waals surface area contributed by atoms with Crippen molar-refractivity contribution in [3.63, 3.8) is 0 Å². The van der Waals surface area contributed by atoms with Gasteiger partial charge in [-0.05, 0) is 19.1 Å². The van der Waals surface area contributed by atoms with E-state index < -0.39 is 0 Å². The second kappa shape index (κ2) is 5.20. The first-order chi connectivity index (χ1) is 6.81. The highest BCUT2D eigenvalue weighted by atomic mass is 16.3. The molecule has 74 valence electrons. The molecule has 14 heavy (non-hydrogen) atoms. The lowest BCUT2D eigenvalue weighted by Crippen LogP contribution is -2.24. The zero-order valence-electron chi connectivity index (χ0n) is 8.14. The third kappa shape index (κ3) is 2.44. The highest BCUT2D eigenvalue weighted by Crippen LogP contribution is 2.08. The topological polar surface area (TPSA) is 49.2 Å². The molecule has 0 aliphatic carbocycles. The van der Waals surface area contributed by atoms with E-state index in [2.05, 4.69) is 16.1 Å². The molecule has 1 N–H and O–H groups in total. The van der Waals surface area contributed by atoms with E-state index >= 15 is 0 Å². The lowest BCUT2D eigenvalue weighted by Gasteiger charge is -2.17. The van der Waals surface area contributed by atoms with Gasteiger partial charge in [0.05, 0.1) is 18.8 Å². The van der Waals surface area contributed by atoms with Crippen molar-refractivity contribution in [3.8, 4) is 12.3 Å². The first kappa shape index (κ1) is 10.5. The van der Waals surface area contributed by atoms with Crippen LogP contribution in [0.2, 0.25) is 0 Å². The van der Waals surface area contributed by atoms with Crippen LogP contribution in [-0.4, -0.2) is 28.4 Å². The fourth-order valence-corrected chi connectivity index (χ4v) is 1.07. The standard InChI is InChI=1S/C10H13N3O/c1-3-7-13(4-2)10-6-5-9(8-14)11-12-10/h1,5-6,14H,4,7-8H2,2H3. The lowest BCUT2D eigenvalue weighted by atomic mass is 10.4. The van der Waals surface area contributed by atoms with E-state index in [1.165, 1.54) is 0 Å². The number of aliphatic hydroxyl groups excluding tert-OH is 1. The van der Waals surface area contributed by atoms with Gasteiger partial charge >= 0.3 is 0 Å². The quantitative estimate of drug-likeness (QED) is 0.701. The molecule has 0 aliphatic rings. The smallest absolute Gasteiger partial charge is 0.152 e. The number of terminal acetylenes is 1. The van der Waals surface area contributed by atoms with Crippen molar-refractivity contribution in [2.45, 2.75) is 13.5 Å². The fourth-order valence-electron chi connectivity index (χ4n) is 1.07. The predicted molar refractivity (Wildman–Crippen MR) is 54.7 cm³/mol. The van der Waals surface area contributed by atoms with Crippen LogP contribution in [0.25, 0.3) is 0 Å². The number of nitrogens with zero attached hydrogens (tertiary/aromatic N) is 3. The van der Waals surface area contributed by atoms with Crippen molar-refractivity contribution in [1.82, 2.24) is 10.2 Å². The minimum atomic E-state index is -0.0887. The molecule has 1 aromatic heterocycles. The number of hydrogen-bond donors (Lipinski definition) is 1. The molecular formula is C10H13N3O. The van der Waals surface area contributed by atoms with Gasteiger partial charge in [-0.25, -0.2) is 0 Å². The lowest BCUT2D eigenvalue weighted by molar-refractivity contribution is 0.275. The van der Waals surface area contributed by atoms with Crippen LogP contribution >= 0.6 is 0 Å². The molecule has 1 heterocycles. The van der Waals surface area contributed by atoms with E-state index in [1.54, 1.807) is 12.1 Å². The Bertz CT molecular complexity index is 315. The largest absolute Gasteiger partial charge is 0.390 e. The highest BCUT2D eigenvalue weighted by molar-refractivity contribution is 5.38. The summed E-state index contributed by atoms with van der Waals surface area (Å²) < 4.78 is 0. The normalized spacial score (nSPS) is 9.50. The summed E-state index contributed by atoms with van der Waals surface area (Å²) in [6.07, 6.45) is 5.22. The molecule has 0 amide bonds. The molecule has 0 radical (unpaired) electrons. The van der Waals surface area contributed by atoms with Gasteiger partial charge in [0.2, 0.25) is 0 Å². The van der Waals surface area contributed by atoms with Gasteiger partial charge in [-0.15, -0.1) is 11.5 Å². The van der Waals surface area contributed by atoms with Crippen molar-refractivity contribution in [3.05, 3.63) is 17.8 Å². The summed E-state index contributed by atoms with van der Waals surface area (Å²) in [4.78, 5) is 1.92. The van der Waals surface area contributed by atoms with Crippen molar-refractivity contribution in [2.75, 3.05) is 18.0 Å². The molecule has 4 heteroatoms. The van der Waals surface area contributed by atoms with Gasteiger partial charge in [-0.3, -0.25) is 0 Å². The summed E-state index contributed by atoms with van der Waals surface area (Å²) in [5, 5.41) is 16.6. The number of hydrogen-bond acceptors (Lipinski definition) is 4. The van der Waals surface area contributed by atoms with Crippen molar-refractivity contribution < 1.29 is 5.11 Å². The Morgan fingerprint density at radius 3 is 2.71 bits per heavy atom. The minimum absolute atomic E-state index is 0.0887. The van der Waals surface area contributed by atoms with Crippen molar-refractivity contribution >= 4 is 5.82 Å². The van der Waals surface area contributed by atoms with Crippen LogP contribution in [0.1, 0.15) is 12.6 Å². The van der Waals surface area contributed by atoms with Gasteiger partial charge in [0, 0.05) is 6.54 Å². The Morgan fingerprint density at radius 2 is 2.29 bits per heavy atom. The molecule has 4 nitrogen and oxygen atoms in total. The van der Waals surface area contributed by atoms with Crippen LogP contribution in [0, 0.1) is 12.3 Å². The van der Waals surface area contributed by atoms with Gasteiger partial charge < -0.3 is 10.0 Å². The molecule has 0 aromatic carbocycles. The summed E-state index contributed by atoms with van der Waals surface area (Å²) in [6, 6.07) is 3.54. The Labute approximate surface area is 83.6 Å². The Morgan fingerprint density at radius 1 is 1.50 bits per heavy atom. The van der Waals surface area contributed by atoms with Crippen LogP contribution < -0.4 is 4.90 Å². The Kier molecular flexibility index (Phi) is 3.89. The maximum absolute atomic E-state index is 8.78. The average molecular weight is 191 g/mol. The number of rotatable bonds is 4. The molecular weight excluding hydrogens is 178 g/mol. The zero-order valence-corrected chi connectivity index (χ0v) is 8.14. The number of anilines is 1. The third-order valence-electron chi connectivity index (χ3n) is 1.86. The maximum Gasteiger partial charge on any atom is 0.152 e. The molecule has 1 aromatic rings. The molecule has 0 bridgehead atoms. The summed E-state index contributed by atoms with van der Waals surface area (Å²) in [6.45, 7) is 3.22. The van der Waals surface area contributed by atoms with Gasteiger partial charge in [-0.1, -0.05) is 5.92 Å². The van der Waals surface area contributed by atoms with Crippen LogP contribution in [0.3, 0.4) is 0 Å². The maximum atomic E-state index is 8.78. The van der Waals surface area contributed by atoms with E-state index in [1.807, 2.05) is 11.8 Å². The van der Waals surface area contributed by atoms with Crippen LogP contribution in [-0.2, 0) is 6.61 Å². The number of aromatic nitrogens is 2. The molecule has 0 saturated heterocycles. The molecule has 0 unspecified atom stereocenters. The van der Waals surface area contributed by atoms with Crippen LogP contribution in [0.5, 0.6) is 0 Å². The van der Waals surface area contributed by atoms with Gasteiger partial charge in [0.25, 0.3) is 0 Å². The Hall–Kier alpha value is -1.60. The van der Waals surface area contributed by atoms with Gasteiger partial charge in [0.15, 0.2) is 5.82 Å². The fraction of sp³-hybridized carbons (Fsp3) is 0.400. The SMILES string of the molecule is C#CCN(CC)c1ccc(CO)nn1. The molecule has 0 saturated carbocycles. The van der Waals surface area contributed by atoms with E-state index in [-0.39, 0.29) is 6.61 Å². The highest BCUT2D eigenvalue weighted by Gasteiger charge is 2.04. The van der Waals surface area contributed by atoms with Crippen molar-refractivity contribution in [2.24, 2.45) is 0 Å². The van der Waals surface area contributed by atoms with E-state index in [0.717, 1.165) is 12.4 Å². The molecule has 0 fully saturated rings. The third-order valence-corrected chi connectivity index (χ3v) is 1.86. The summed E-state index contributed by atoms with van der Waals surface area (Å²) >= 11 is 0. The van der Waals surface area contributed by atoms with Crippen LogP contribution in [0.4, 0.5) is 5.82 Å². The van der Waals surface area contributed by atoms with Crippen LogP contribution in [0.15, 0.2) is 12.1 Å². The van der Waals surface area contributed by atoms with E-state index in [0.29, 0.717) is 12.2 Å². The first-order valence-corrected chi connectivity index (χ1v) is 4.43. The second-order valence-electron chi connectivity index (χ2n) is 2.76. The van der Waals surface area contributed by atoms with Gasteiger partial charge in [-0.2, -0.15) is 5.10 Å². The van der Waals surface area contributed by atoms with Gasteiger partial charge in [0.1, 0.15) is 0 Å². The molecule has 0 atom stereocenters. The van der Waals surface area contributed by atoms with E-state index in [4.69, 9.17) is 11.5 Å². The molecule has 0 spiro atoms. The molecule has 0 aliphatic heterocycles. The first-order valence-electron chi connectivity index (χ1n) is 4.43. The summed E-state index contributed by atoms with van der Waals surface area (Å²) in [7, 11) is 0. The summed E-state index contributed by atoms with van der Waals surface area (Å²) in [5.41, 5.74) is 0.561. The minimum Gasteiger partial charge on any atom is -0.390 e. The molecule has 1 rings (SSSR count). The summed E-state index contributed by atoms with van der Waals surface area (Å²) in [5.74, 6) is 3.29. The second-order valence-corrected chi connectivity index (χ2v) is 2.76. The van der Waals surface area contributed by atoms with Crippen molar-refractivity contribution in [1.29, 1.82) is 0 Å². The Balaban J connectivity index is 2.79. The monoisotopic (exact) mass is 191 g/mol. The predicted octanol–water partition coefficient (Wildman–Crippen LogP) is 0.428. The van der Waals surface area contributed by atoms with E-state index in [9.17, 15) is 0 Å². The average Bonchev–Trinajstić information content (AvgIpc) is 2.26.